The molecule has 0 N–H and O–H groups in total. The Balaban J connectivity index is 1.27. The average Bonchev–Trinajstić information content (AvgIpc) is 3.25. The first kappa shape index (κ1) is 20.0. The second-order valence-corrected chi connectivity index (χ2v) is 10.3. The topological polar surface area (TPSA) is 111 Å². The molecule has 0 spiro atoms. The van der Waals surface area contributed by atoms with Crippen LogP contribution in [0.25, 0.3) is 11.0 Å². The summed E-state index contributed by atoms with van der Waals surface area (Å²) in [6, 6.07) is 5.06. The minimum atomic E-state index is -3.68. The van der Waals surface area contributed by atoms with Crippen molar-refractivity contribution in [3.8, 4) is 0 Å². The Labute approximate surface area is 178 Å². The van der Waals surface area contributed by atoms with E-state index in [2.05, 4.69) is 18.9 Å². The van der Waals surface area contributed by atoms with Crippen LogP contribution in [0.3, 0.4) is 0 Å². The molecule has 30 heavy (non-hydrogen) atoms. The van der Waals surface area contributed by atoms with Crippen LogP contribution in [-0.4, -0.2) is 57.9 Å². The van der Waals surface area contributed by atoms with E-state index in [1.54, 1.807) is 18.2 Å². The molecular weight excluding hydrogens is 426 g/mol. The second kappa shape index (κ2) is 8.29. The van der Waals surface area contributed by atoms with Crippen LogP contribution in [0.15, 0.2) is 27.6 Å². The largest absolute Gasteiger partial charge is 0.381 e. The number of nitrogens with zero attached hydrogens (tertiary/aromatic N) is 5. The summed E-state index contributed by atoms with van der Waals surface area (Å²) in [5, 5.41) is 4.05. The average molecular weight is 450 g/mol. The molecule has 11 heteroatoms. The highest BCUT2D eigenvalue weighted by atomic mass is 32.2. The highest BCUT2D eigenvalue weighted by Gasteiger charge is 2.34. The lowest BCUT2D eigenvalue weighted by atomic mass is 10.00. The van der Waals surface area contributed by atoms with Crippen molar-refractivity contribution in [2.45, 2.75) is 42.9 Å². The zero-order valence-corrected chi connectivity index (χ0v) is 18.1. The SMILES string of the molecule is O=S(=O)(c1cccc2nsnc12)N1CCCC(c2nc(CCOCC3CC3)no2)C1. The van der Waals surface area contributed by atoms with E-state index in [1.807, 2.05) is 0 Å². The van der Waals surface area contributed by atoms with Crippen LogP contribution < -0.4 is 0 Å². The summed E-state index contributed by atoms with van der Waals surface area (Å²) in [7, 11) is -3.68. The summed E-state index contributed by atoms with van der Waals surface area (Å²) < 4.78 is 47.5. The number of fused-ring (bicyclic) bond motifs is 1. The maximum Gasteiger partial charge on any atom is 0.245 e. The third kappa shape index (κ3) is 4.11. The third-order valence-corrected chi connectivity index (χ3v) is 8.04. The third-order valence-electron chi connectivity index (χ3n) is 5.60. The minimum Gasteiger partial charge on any atom is -0.381 e. The summed E-state index contributed by atoms with van der Waals surface area (Å²) in [5.74, 6) is 1.72. The predicted octanol–water partition coefficient (Wildman–Crippen LogP) is 2.61. The zero-order chi connectivity index (χ0) is 20.6. The number of sulfonamides is 1. The van der Waals surface area contributed by atoms with Crippen molar-refractivity contribution in [1.29, 1.82) is 0 Å². The fourth-order valence-electron chi connectivity index (χ4n) is 3.72. The molecular formula is C19H23N5O4S2. The Morgan fingerprint density at radius 2 is 2.13 bits per heavy atom. The van der Waals surface area contributed by atoms with Gasteiger partial charge in [-0.3, -0.25) is 0 Å². The predicted molar refractivity (Wildman–Crippen MR) is 110 cm³/mol. The standard InChI is InChI=1S/C19H23N5O4S2/c25-30(26,16-5-1-4-15-18(16)23-29-22-15)24-9-2-3-14(11-24)19-20-17(21-28-19)8-10-27-12-13-6-7-13/h1,4-5,13-14H,2-3,6-12H2. The van der Waals surface area contributed by atoms with E-state index in [9.17, 15) is 8.42 Å². The molecule has 5 rings (SSSR count). The van der Waals surface area contributed by atoms with Crippen LogP contribution in [0.4, 0.5) is 0 Å². The second-order valence-electron chi connectivity index (χ2n) is 7.91. The van der Waals surface area contributed by atoms with E-state index in [4.69, 9.17) is 9.26 Å². The molecule has 3 heterocycles. The summed E-state index contributed by atoms with van der Waals surface area (Å²) in [6.45, 7) is 2.16. The smallest absolute Gasteiger partial charge is 0.245 e. The van der Waals surface area contributed by atoms with Crippen LogP contribution in [0.1, 0.15) is 43.3 Å². The van der Waals surface area contributed by atoms with Crippen molar-refractivity contribution in [2.24, 2.45) is 5.92 Å². The Bertz CT molecular complexity index is 1120. The van der Waals surface area contributed by atoms with Gasteiger partial charge in [-0.25, -0.2) is 8.42 Å². The van der Waals surface area contributed by atoms with Gasteiger partial charge in [0.2, 0.25) is 15.9 Å². The van der Waals surface area contributed by atoms with Gasteiger partial charge in [0.15, 0.2) is 5.82 Å². The van der Waals surface area contributed by atoms with E-state index >= 15 is 0 Å². The molecule has 9 nitrogen and oxygen atoms in total. The van der Waals surface area contributed by atoms with Gasteiger partial charge in [0.1, 0.15) is 15.9 Å². The summed E-state index contributed by atoms with van der Waals surface area (Å²) in [6.07, 6.45) is 4.68. The van der Waals surface area contributed by atoms with Gasteiger partial charge in [-0.05, 0) is 43.7 Å². The number of aromatic nitrogens is 4. The number of ether oxygens (including phenoxy) is 1. The Kier molecular flexibility index (Phi) is 5.52. The molecule has 2 fully saturated rings. The fourth-order valence-corrected chi connectivity index (χ4v) is 6.00. The first-order valence-electron chi connectivity index (χ1n) is 10.2. The molecule has 1 aliphatic heterocycles. The molecule has 1 aromatic carbocycles. The summed E-state index contributed by atoms with van der Waals surface area (Å²) >= 11 is 1.02. The zero-order valence-electron chi connectivity index (χ0n) is 16.4. The van der Waals surface area contributed by atoms with Crippen molar-refractivity contribution in [1.82, 2.24) is 23.2 Å². The van der Waals surface area contributed by atoms with Gasteiger partial charge in [0, 0.05) is 26.1 Å². The van der Waals surface area contributed by atoms with Crippen molar-refractivity contribution in [3.05, 3.63) is 29.9 Å². The summed E-state index contributed by atoms with van der Waals surface area (Å²) in [5.41, 5.74) is 1.02. The first-order valence-corrected chi connectivity index (χ1v) is 12.4. The monoisotopic (exact) mass is 449 g/mol. The van der Waals surface area contributed by atoms with Gasteiger partial charge in [-0.1, -0.05) is 11.2 Å². The maximum absolute atomic E-state index is 13.3. The Morgan fingerprint density at radius 3 is 3.00 bits per heavy atom. The van der Waals surface area contributed by atoms with E-state index in [0.29, 0.717) is 48.9 Å². The molecule has 1 aliphatic carbocycles. The molecule has 0 amide bonds. The van der Waals surface area contributed by atoms with Gasteiger partial charge in [0.05, 0.1) is 24.3 Å². The van der Waals surface area contributed by atoms with Gasteiger partial charge in [0.25, 0.3) is 0 Å². The molecule has 0 bridgehead atoms. The van der Waals surface area contributed by atoms with Gasteiger partial charge < -0.3 is 9.26 Å². The maximum atomic E-state index is 13.3. The number of rotatable bonds is 8. The number of benzene rings is 1. The lowest BCUT2D eigenvalue weighted by Gasteiger charge is -2.30. The number of hydrogen-bond acceptors (Lipinski definition) is 9. The normalized spacial score (nSPS) is 20.7. The van der Waals surface area contributed by atoms with Crippen LogP contribution in [-0.2, 0) is 21.2 Å². The minimum absolute atomic E-state index is 0.116. The number of piperidine rings is 1. The quantitative estimate of drug-likeness (QED) is 0.483. The van der Waals surface area contributed by atoms with E-state index in [0.717, 1.165) is 37.1 Å². The molecule has 1 unspecified atom stereocenters. The number of hydrogen-bond donors (Lipinski definition) is 0. The van der Waals surface area contributed by atoms with Crippen molar-refractivity contribution in [2.75, 3.05) is 26.3 Å². The molecule has 1 saturated heterocycles. The van der Waals surface area contributed by atoms with Crippen molar-refractivity contribution >= 4 is 32.8 Å². The van der Waals surface area contributed by atoms with Crippen LogP contribution in [0.5, 0.6) is 0 Å². The van der Waals surface area contributed by atoms with E-state index in [-0.39, 0.29) is 10.8 Å². The summed E-state index contributed by atoms with van der Waals surface area (Å²) in [4.78, 5) is 4.70. The van der Waals surface area contributed by atoms with Gasteiger partial charge in [-0.15, -0.1) is 0 Å². The lowest BCUT2D eigenvalue weighted by molar-refractivity contribution is 0.125. The molecule has 1 saturated carbocycles. The first-order chi connectivity index (χ1) is 14.6. The van der Waals surface area contributed by atoms with E-state index in [1.165, 1.54) is 17.1 Å². The van der Waals surface area contributed by atoms with Crippen molar-refractivity contribution < 1.29 is 17.7 Å². The Morgan fingerprint density at radius 1 is 1.23 bits per heavy atom. The fraction of sp³-hybridized carbons (Fsp3) is 0.579. The lowest BCUT2D eigenvalue weighted by Crippen LogP contribution is -2.39. The molecule has 1 atom stereocenters. The molecule has 3 aromatic rings. The highest BCUT2D eigenvalue weighted by Crippen LogP contribution is 2.32. The molecule has 0 radical (unpaired) electrons. The van der Waals surface area contributed by atoms with E-state index < -0.39 is 10.0 Å². The van der Waals surface area contributed by atoms with Gasteiger partial charge in [-0.2, -0.15) is 18.0 Å². The van der Waals surface area contributed by atoms with Gasteiger partial charge >= 0.3 is 0 Å². The van der Waals surface area contributed by atoms with Crippen molar-refractivity contribution in [3.63, 3.8) is 0 Å². The highest BCUT2D eigenvalue weighted by molar-refractivity contribution is 7.89. The molecule has 2 aromatic heterocycles. The Hall–Kier alpha value is -1.95. The molecule has 160 valence electrons. The van der Waals surface area contributed by atoms with Crippen LogP contribution >= 0.6 is 11.7 Å². The molecule has 2 aliphatic rings. The van der Waals surface area contributed by atoms with Crippen LogP contribution in [0.2, 0.25) is 0 Å². The van der Waals surface area contributed by atoms with Crippen LogP contribution in [0, 0.1) is 5.92 Å².